The monoisotopic (exact) mass is 281 g/mol. The number of rotatable bonds is 4. The number of likely N-dealkylation sites (N-methyl/N-ethyl adjacent to an activating group) is 2. The lowest BCUT2D eigenvalue weighted by Crippen LogP contribution is -2.50. The lowest BCUT2D eigenvalue weighted by Gasteiger charge is -2.44. The molecule has 0 aromatic rings. The predicted molar refractivity (Wildman–Crippen MR) is 87.1 cm³/mol. The summed E-state index contributed by atoms with van der Waals surface area (Å²) < 4.78 is 0. The molecule has 1 aliphatic carbocycles. The molecule has 0 aromatic carbocycles. The Morgan fingerprint density at radius 2 is 2.05 bits per heavy atom. The van der Waals surface area contributed by atoms with Crippen molar-refractivity contribution >= 4 is 0 Å². The van der Waals surface area contributed by atoms with Gasteiger partial charge < -0.3 is 15.1 Å². The van der Waals surface area contributed by atoms with Crippen molar-refractivity contribution in [2.45, 2.75) is 58.0 Å². The highest BCUT2D eigenvalue weighted by Crippen LogP contribution is 2.39. The second kappa shape index (κ2) is 6.76. The Hall–Kier alpha value is -0.120. The molecule has 0 bridgehead atoms. The summed E-state index contributed by atoms with van der Waals surface area (Å²) >= 11 is 0. The summed E-state index contributed by atoms with van der Waals surface area (Å²) in [6.45, 7) is 8.67. The van der Waals surface area contributed by atoms with Gasteiger partial charge in [0.25, 0.3) is 0 Å². The first-order valence-electron chi connectivity index (χ1n) is 8.47. The summed E-state index contributed by atoms with van der Waals surface area (Å²) in [5.41, 5.74) is 0.530. The molecular weight excluding hydrogens is 246 g/mol. The number of nitrogens with zero attached hydrogens (tertiary/aromatic N) is 2. The largest absolute Gasteiger partial charge is 0.317 e. The minimum Gasteiger partial charge on any atom is -0.317 e. The van der Waals surface area contributed by atoms with Crippen LogP contribution in [0.1, 0.15) is 46.0 Å². The number of hydrogen-bond acceptors (Lipinski definition) is 3. The summed E-state index contributed by atoms with van der Waals surface area (Å²) in [7, 11) is 6.75. The molecule has 0 amide bonds. The molecule has 20 heavy (non-hydrogen) atoms. The minimum atomic E-state index is 0.530. The van der Waals surface area contributed by atoms with Gasteiger partial charge in [-0.05, 0) is 71.1 Å². The van der Waals surface area contributed by atoms with Crippen LogP contribution in [0.2, 0.25) is 0 Å². The van der Waals surface area contributed by atoms with E-state index < -0.39 is 0 Å². The van der Waals surface area contributed by atoms with Crippen molar-refractivity contribution in [3.63, 3.8) is 0 Å². The quantitative estimate of drug-likeness (QED) is 0.854. The van der Waals surface area contributed by atoms with Gasteiger partial charge in [0, 0.05) is 25.2 Å². The Morgan fingerprint density at radius 3 is 2.70 bits per heavy atom. The van der Waals surface area contributed by atoms with Crippen LogP contribution in [0.4, 0.5) is 0 Å². The maximum Gasteiger partial charge on any atom is 0.0220 e. The van der Waals surface area contributed by atoms with E-state index in [0.29, 0.717) is 11.5 Å². The van der Waals surface area contributed by atoms with Gasteiger partial charge in [-0.15, -0.1) is 0 Å². The molecule has 1 saturated carbocycles. The lowest BCUT2D eigenvalue weighted by molar-refractivity contribution is 0.0734. The summed E-state index contributed by atoms with van der Waals surface area (Å²) in [4.78, 5) is 5.14. The van der Waals surface area contributed by atoms with Gasteiger partial charge in [-0.2, -0.15) is 0 Å². The van der Waals surface area contributed by atoms with Crippen molar-refractivity contribution in [2.75, 3.05) is 40.8 Å². The maximum atomic E-state index is 3.57. The lowest BCUT2D eigenvalue weighted by atomic mass is 9.69. The first-order chi connectivity index (χ1) is 9.41. The van der Waals surface area contributed by atoms with Gasteiger partial charge in [-0.1, -0.05) is 13.8 Å². The maximum absolute atomic E-state index is 3.57. The summed E-state index contributed by atoms with van der Waals surface area (Å²) in [5, 5.41) is 3.57. The Kier molecular flexibility index (Phi) is 5.49. The normalized spacial score (nSPS) is 35.4. The molecule has 2 rings (SSSR count). The Balaban J connectivity index is 1.91. The third kappa shape index (κ3) is 4.19. The molecule has 1 saturated heterocycles. The Morgan fingerprint density at radius 1 is 1.30 bits per heavy atom. The standard InChI is InChI=1S/C17H35N3/c1-17(2)9-8-16(18-3)14(11-17)12-20(5)15-7-6-10-19(4)13-15/h14-16,18H,6-13H2,1-5H3. The van der Waals surface area contributed by atoms with Crippen molar-refractivity contribution in [3.8, 4) is 0 Å². The van der Waals surface area contributed by atoms with Crippen LogP contribution in [0.25, 0.3) is 0 Å². The zero-order valence-electron chi connectivity index (χ0n) is 14.3. The van der Waals surface area contributed by atoms with E-state index in [4.69, 9.17) is 0 Å². The number of piperidine rings is 1. The highest BCUT2D eigenvalue weighted by molar-refractivity contribution is 4.90. The second-order valence-electron chi connectivity index (χ2n) is 8.06. The molecule has 0 radical (unpaired) electrons. The highest BCUT2D eigenvalue weighted by Gasteiger charge is 2.35. The molecule has 3 atom stereocenters. The van der Waals surface area contributed by atoms with Crippen LogP contribution in [-0.2, 0) is 0 Å². The van der Waals surface area contributed by atoms with Gasteiger partial charge in [0.1, 0.15) is 0 Å². The molecule has 1 N–H and O–H groups in total. The van der Waals surface area contributed by atoms with Crippen LogP contribution in [0.5, 0.6) is 0 Å². The van der Waals surface area contributed by atoms with Gasteiger partial charge in [-0.25, -0.2) is 0 Å². The van der Waals surface area contributed by atoms with Gasteiger partial charge in [0.2, 0.25) is 0 Å². The number of hydrogen-bond donors (Lipinski definition) is 1. The third-order valence-corrected chi connectivity index (χ3v) is 5.63. The van der Waals surface area contributed by atoms with E-state index in [1.807, 2.05) is 0 Å². The van der Waals surface area contributed by atoms with Crippen molar-refractivity contribution in [1.82, 2.24) is 15.1 Å². The predicted octanol–water partition coefficient (Wildman–Crippen LogP) is 2.43. The summed E-state index contributed by atoms with van der Waals surface area (Å²) in [5.74, 6) is 0.806. The molecule has 2 aliphatic rings. The Bertz CT molecular complexity index is 303. The van der Waals surface area contributed by atoms with E-state index in [-0.39, 0.29) is 0 Å². The van der Waals surface area contributed by atoms with Crippen molar-refractivity contribution in [1.29, 1.82) is 0 Å². The van der Waals surface area contributed by atoms with E-state index in [2.05, 4.69) is 50.1 Å². The summed E-state index contributed by atoms with van der Waals surface area (Å²) in [6.07, 6.45) is 6.81. The fourth-order valence-electron chi connectivity index (χ4n) is 4.33. The molecule has 1 aliphatic heterocycles. The number of likely N-dealkylation sites (tertiary alicyclic amines) is 1. The van der Waals surface area contributed by atoms with Crippen LogP contribution < -0.4 is 5.32 Å². The first kappa shape index (κ1) is 16.3. The topological polar surface area (TPSA) is 18.5 Å². The molecule has 0 aromatic heterocycles. The molecule has 3 unspecified atom stereocenters. The van der Waals surface area contributed by atoms with E-state index in [1.165, 1.54) is 51.7 Å². The third-order valence-electron chi connectivity index (χ3n) is 5.63. The fraction of sp³-hybridized carbons (Fsp3) is 1.00. The molecule has 118 valence electrons. The molecule has 0 spiro atoms. The minimum absolute atomic E-state index is 0.530. The zero-order chi connectivity index (χ0) is 14.8. The number of nitrogens with one attached hydrogen (secondary N) is 1. The van der Waals surface area contributed by atoms with Crippen LogP contribution in [0.15, 0.2) is 0 Å². The first-order valence-corrected chi connectivity index (χ1v) is 8.47. The highest BCUT2D eigenvalue weighted by atomic mass is 15.2. The van der Waals surface area contributed by atoms with Gasteiger partial charge in [-0.3, -0.25) is 0 Å². The van der Waals surface area contributed by atoms with Crippen LogP contribution in [0, 0.1) is 11.3 Å². The average Bonchev–Trinajstić information content (AvgIpc) is 2.38. The van der Waals surface area contributed by atoms with Gasteiger partial charge in [0.15, 0.2) is 0 Å². The molecular formula is C17H35N3. The van der Waals surface area contributed by atoms with E-state index in [0.717, 1.165) is 12.0 Å². The van der Waals surface area contributed by atoms with Crippen LogP contribution in [0.3, 0.4) is 0 Å². The van der Waals surface area contributed by atoms with Crippen LogP contribution >= 0.6 is 0 Å². The van der Waals surface area contributed by atoms with Crippen LogP contribution in [-0.4, -0.2) is 62.7 Å². The second-order valence-corrected chi connectivity index (χ2v) is 8.06. The Labute approximate surface area is 126 Å². The average molecular weight is 281 g/mol. The van der Waals surface area contributed by atoms with E-state index in [1.54, 1.807) is 0 Å². The summed E-state index contributed by atoms with van der Waals surface area (Å²) in [6, 6.07) is 1.48. The van der Waals surface area contributed by atoms with Gasteiger partial charge in [0.05, 0.1) is 0 Å². The molecule has 3 heteroatoms. The smallest absolute Gasteiger partial charge is 0.0220 e. The fourth-order valence-corrected chi connectivity index (χ4v) is 4.33. The zero-order valence-corrected chi connectivity index (χ0v) is 14.3. The van der Waals surface area contributed by atoms with Gasteiger partial charge >= 0.3 is 0 Å². The van der Waals surface area contributed by atoms with E-state index >= 15 is 0 Å². The molecule has 2 fully saturated rings. The molecule has 3 nitrogen and oxygen atoms in total. The van der Waals surface area contributed by atoms with Crippen molar-refractivity contribution in [2.24, 2.45) is 11.3 Å². The van der Waals surface area contributed by atoms with Crippen molar-refractivity contribution in [3.05, 3.63) is 0 Å². The molecule has 1 heterocycles. The SMILES string of the molecule is CNC1CCC(C)(C)CC1CN(C)C1CCCN(C)C1. The van der Waals surface area contributed by atoms with Crippen molar-refractivity contribution < 1.29 is 0 Å². The van der Waals surface area contributed by atoms with E-state index in [9.17, 15) is 0 Å².